The van der Waals surface area contributed by atoms with Crippen molar-refractivity contribution in [2.75, 3.05) is 19.6 Å². The molecule has 0 spiro atoms. The summed E-state index contributed by atoms with van der Waals surface area (Å²) in [5.74, 6) is 0.0357. The Hall–Kier alpha value is -1.72. The summed E-state index contributed by atoms with van der Waals surface area (Å²) in [6, 6.07) is 4.13. The molecule has 3 N–H and O–H groups in total. The second-order valence-corrected chi connectivity index (χ2v) is 4.65. The predicted octanol–water partition coefficient (Wildman–Crippen LogP) is 0.784. The second-order valence-electron chi connectivity index (χ2n) is 4.65. The van der Waals surface area contributed by atoms with Crippen molar-refractivity contribution in [2.45, 2.75) is 19.0 Å². The number of carbonyl (C=O) groups excluding carboxylic acids is 1. The van der Waals surface area contributed by atoms with Crippen molar-refractivity contribution in [1.29, 1.82) is 0 Å². The van der Waals surface area contributed by atoms with E-state index in [1.54, 1.807) is 12.3 Å². The first-order chi connectivity index (χ1) is 9.28. The highest BCUT2D eigenvalue weighted by atomic mass is 16.2. The lowest BCUT2D eigenvalue weighted by molar-refractivity contribution is -0.120. The number of hydrogen-bond donors (Lipinski definition) is 3. The molecule has 1 aliphatic rings. The van der Waals surface area contributed by atoms with Crippen LogP contribution >= 0.6 is 0 Å². The highest BCUT2D eigenvalue weighted by Crippen LogP contribution is 2.02. The number of rotatable bonds is 6. The van der Waals surface area contributed by atoms with Crippen molar-refractivity contribution in [2.24, 2.45) is 0 Å². The summed E-state index contributed by atoms with van der Waals surface area (Å²) in [7, 11) is 0. The first kappa shape index (κ1) is 13.7. The summed E-state index contributed by atoms with van der Waals surface area (Å²) < 4.78 is 0. The number of aromatic nitrogens is 1. The fourth-order valence-corrected chi connectivity index (χ4v) is 2.08. The number of hydrogen-bond acceptors (Lipinski definition) is 4. The Labute approximate surface area is 116 Å². The smallest absolute Gasteiger partial charge is 0.234 e. The summed E-state index contributed by atoms with van der Waals surface area (Å²) in [5.41, 5.74) is 1.95. The summed E-state index contributed by atoms with van der Waals surface area (Å²) in [6.07, 6.45) is 4.54. The van der Waals surface area contributed by atoms with Crippen LogP contribution in [0.5, 0.6) is 0 Å². The van der Waals surface area contributed by atoms with Gasteiger partial charge in [-0.15, -0.1) is 0 Å². The first-order valence-corrected chi connectivity index (χ1v) is 6.56. The Balaban J connectivity index is 0.00000200. The average Bonchev–Trinajstić information content (AvgIpc) is 2.92. The van der Waals surface area contributed by atoms with Crippen molar-refractivity contribution in [3.05, 3.63) is 36.2 Å². The normalized spacial score (nSPS) is 18.2. The van der Waals surface area contributed by atoms with E-state index in [4.69, 9.17) is 0 Å². The Morgan fingerprint density at radius 3 is 3.32 bits per heavy atom. The molecule has 5 nitrogen and oxygen atoms in total. The molecule has 1 aromatic heterocycles. The predicted molar refractivity (Wildman–Crippen MR) is 79.7 cm³/mol. The van der Waals surface area contributed by atoms with E-state index in [1.807, 2.05) is 12.1 Å². The van der Waals surface area contributed by atoms with Crippen molar-refractivity contribution in [3.63, 3.8) is 0 Å². The zero-order valence-corrected chi connectivity index (χ0v) is 11.0. The number of carbonyl (C=O) groups is 1. The number of amides is 1. The van der Waals surface area contributed by atoms with Gasteiger partial charge in [0.05, 0.1) is 12.2 Å². The van der Waals surface area contributed by atoms with Crippen LogP contribution in [0.2, 0.25) is 0 Å². The Kier molecular flexibility index (Phi) is 5.06. The van der Waals surface area contributed by atoms with Gasteiger partial charge in [-0.25, -0.2) is 0 Å². The van der Waals surface area contributed by atoms with Gasteiger partial charge in [-0.2, -0.15) is 0 Å². The van der Waals surface area contributed by atoms with Gasteiger partial charge in [-0.05, 0) is 30.7 Å². The quantitative estimate of drug-likeness (QED) is 0.710. The van der Waals surface area contributed by atoms with Gasteiger partial charge in [0.2, 0.25) is 5.91 Å². The van der Waals surface area contributed by atoms with Gasteiger partial charge in [0.25, 0.3) is 0 Å². The molecule has 2 rings (SSSR count). The lowest BCUT2D eigenvalue weighted by Crippen LogP contribution is -2.41. The maximum absolute atomic E-state index is 11.7. The fourth-order valence-electron chi connectivity index (χ4n) is 2.08. The van der Waals surface area contributed by atoms with Crippen molar-refractivity contribution in [3.8, 4) is 0 Å². The minimum Gasteiger partial charge on any atom is -0.351 e. The molecule has 1 saturated heterocycles. The lowest BCUT2D eigenvalue weighted by Gasteiger charge is -2.11. The van der Waals surface area contributed by atoms with Crippen molar-refractivity contribution >= 4 is 12.0 Å². The highest BCUT2D eigenvalue weighted by molar-refractivity contribution is 5.78. The monoisotopic (exact) mass is 264 g/mol. The molecule has 1 atom stereocenters. The van der Waals surface area contributed by atoms with Gasteiger partial charge in [0.15, 0.2) is 0 Å². The fraction of sp³-hybridized carbons (Fsp3) is 0.429. The zero-order chi connectivity index (χ0) is 13.5. The molecule has 0 radical (unpaired) electrons. The molecule has 2 heterocycles. The van der Waals surface area contributed by atoms with Crippen LogP contribution in [0, 0.1) is 0 Å². The van der Waals surface area contributed by atoms with E-state index in [-0.39, 0.29) is 14.8 Å². The van der Waals surface area contributed by atoms with E-state index in [1.165, 1.54) is 0 Å². The van der Waals surface area contributed by atoms with Crippen LogP contribution in [-0.2, 0) is 11.3 Å². The van der Waals surface area contributed by atoms with Crippen molar-refractivity contribution < 1.29 is 7.65 Å². The summed E-state index contributed by atoms with van der Waals surface area (Å²) in [5, 5.41) is 9.30. The molecule has 1 aliphatic heterocycles. The topological polar surface area (TPSA) is 66.0 Å². The molecule has 1 amide bonds. The maximum atomic E-state index is 11.7. The van der Waals surface area contributed by atoms with E-state index in [0.717, 1.165) is 30.8 Å². The van der Waals surface area contributed by atoms with Crippen LogP contribution in [0.15, 0.2) is 24.9 Å². The third-order valence-corrected chi connectivity index (χ3v) is 3.09. The molecule has 5 heteroatoms. The highest BCUT2D eigenvalue weighted by Gasteiger charge is 2.15. The molecule has 0 aromatic carbocycles. The van der Waals surface area contributed by atoms with Gasteiger partial charge in [0, 0.05) is 28.2 Å². The molecule has 1 unspecified atom stereocenters. The summed E-state index contributed by atoms with van der Waals surface area (Å²) in [6.45, 7) is 6.47. The zero-order valence-electron chi connectivity index (χ0n) is 11.0. The number of nitrogens with one attached hydrogen (secondary N) is 3. The van der Waals surface area contributed by atoms with Crippen LogP contribution < -0.4 is 16.0 Å². The van der Waals surface area contributed by atoms with E-state index in [2.05, 4.69) is 27.5 Å². The van der Waals surface area contributed by atoms with Crippen LogP contribution in [0.3, 0.4) is 0 Å². The van der Waals surface area contributed by atoms with Gasteiger partial charge in [0.1, 0.15) is 0 Å². The minimum absolute atomic E-state index is 0. The lowest BCUT2D eigenvalue weighted by atomic mass is 10.2. The molecule has 19 heavy (non-hydrogen) atoms. The summed E-state index contributed by atoms with van der Waals surface area (Å²) >= 11 is 0. The molecular weight excluding hydrogens is 240 g/mol. The molecule has 0 saturated carbocycles. The van der Waals surface area contributed by atoms with E-state index < -0.39 is 0 Å². The third-order valence-electron chi connectivity index (χ3n) is 3.09. The largest absolute Gasteiger partial charge is 0.351 e. The van der Waals surface area contributed by atoms with Crippen molar-refractivity contribution in [1.82, 2.24) is 20.9 Å². The molecule has 106 valence electrons. The van der Waals surface area contributed by atoms with Crippen LogP contribution in [0.25, 0.3) is 6.08 Å². The number of pyridine rings is 1. The van der Waals surface area contributed by atoms with Gasteiger partial charge in [-0.3, -0.25) is 9.78 Å². The van der Waals surface area contributed by atoms with Crippen LogP contribution in [0.1, 0.15) is 20.5 Å². The first-order valence-electron chi connectivity index (χ1n) is 6.56. The Morgan fingerprint density at radius 1 is 1.68 bits per heavy atom. The van der Waals surface area contributed by atoms with Crippen LogP contribution in [-0.4, -0.2) is 36.6 Å². The van der Waals surface area contributed by atoms with E-state index in [0.29, 0.717) is 13.1 Å². The average molecular weight is 264 g/mol. The van der Waals surface area contributed by atoms with E-state index >= 15 is 0 Å². The minimum atomic E-state index is 0. The summed E-state index contributed by atoms with van der Waals surface area (Å²) in [4.78, 5) is 15.9. The van der Waals surface area contributed by atoms with Gasteiger partial charge >= 0.3 is 0 Å². The van der Waals surface area contributed by atoms with Gasteiger partial charge in [-0.1, -0.05) is 12.7 Å². The SMILES string of the molecule is C=Cc1ccnc(CNCC(=O)NC2CCNC2)c1.[HH].[HH]. The molecule has 1 fully saturated rings. The van der Waals surface area contributed by atoms with Gasteiger partial charge < -0.3 is 16.0 Å². The third kappa shape index (κ3) is 4.46. The maximum Gasteiger partial charge on any atom is 0.234 e. The molecule has 0 aliphatic carbocycles. The molecular formula is C14H24N4O. The van der Waals surface area contributed by atoms with Crippen LogP contribution in [0.4, 0.5) is 0 Å². The van der Waals surface area contributed by atoms with E-state index in [9.17, 15) is 4.79 Å². The standard InChI is InChI=1S/C14H20N4O.2H2/c1-2-11-3-6-17-13(7-11)9-16-10-14(19)18-12-4-5-15-8-12;;/h2-3,6-7,12,15-16H,1,4-5,8-10H2,(H,18,19);2*1H. The Bertz CT molecular complexity index is 450. The number of nitrogens with zero attached hydrogens (tertiary/aromatic N) is 1. The molecule has 0 bridgehead atoms. The second kappa shape index (κ2) is 7.01. The Morgan fingerprint density at radius 2 is 2.58 bits per heavy atom. The molecule has 1 aromatic rings.